The molecule has 0 amide bonds. The van der Waals surface area contributed by atoms with E-state index in [2.05, 4.69) is 78.4 Å². The summed E-state index contributed by atoms with van der Waals surface area (Å²) in [6.45, 7) is 14.6. The fourth-order valence-corrected chi connectivity index (χ4v) is 7.88. The number of pyridine rings is 1. The number of nitriles is 1. The Hall–Kier alpha value is -5.17. The van der Waals surface area contributed by atoms with Crippen LogP contribution in [0.1, 0.15) is 66.2 Å². The number of aryl methyl sites for hydroxylation is 1. The summed E-state index contributed by atoms with van der Waals surface area (Å²) in [5, 5.41) is 13.6. The van der Waals surface area contributed by atoms with E-state index in [9.17, 15) is 5.26 Å². The van der Waals surface area contributed by atoms with Crippen LogP contribution in [0.4, 0.5) is 11.5 Å². The summed E-state index contributed by atoms with van der Waals surface area (Å²) >= 11 is 0. The molecule has 0 bridgehead atoms. The number of oxazole rings is 1. The average Bonchev–Trinajstić information content (AvgIpc) is 3.75. The molecule has 0 radical (unpaired) electrons. The third-order valence-corrected chi connectivity index (χ3v) is 10.6. The number of nitrogens with one attached hydrogen (secondary N) is 1. The smallest absolute Gasteiger partial charge is 0.227 e. The van der Waals surface area contributed by atoms with Crippen LogP contribution >= 0.6 is 0 Å². The van der Waals surface area contributed by atoms with E-state index in [0.29, 0.717) is 28.7 Å². The summed E-state index contributed by atoms with van der Waals surface area (Å²) in [6.07, 6.45) is 6.96. The molecule has 2 fully saturated rings. The van der Waals surface area contributed by atoms with Gasteiger partial charge >= 0.3 is 0 Å². The highest BCUT2D eigenvalue weighted by Crippen LogP contribution is 2.38. The van der Waals surface area contributed by atoms with Gasteiger partial charge in [-0.15, -0.1) is 0 Å². The zero-order chi connectivity index (χ0) is 35.1. The van der Waals surface area contributed by atoms with Gasteiger partial charge in [-0.3, -0.25) is 14.8 Å². The van der Waals surface area contributed by atoms with E-state index in [1.54, 1.807) is 0 Å². The third-order valence-electron chi connectivity index (χ3n) is 10.6. The molecule has 2 aliphatic rings. The van der Waals surface area contributed by atoms with Crippen molar-refractivity contribution in [2.24, 2.45) is 5.92 Å². The van der Waals surface area contributed by atoms with Gasteiger partial charge < -0.3 is 9.73 Å². The predicted molar refractivity (Wildman–Crippen MR) is 203 cm³/mol. The first kappa shape index (κ1) is 33.0. The van der Waals surface area contributed by atoms with Crippen LogP contribution in [0, 0.1) is 38.0 Å². The minimum absolute atomic E-state index is 0.524. The molecule has 9 heteroatoms. The quantitative estimate of drug-likeness (QED) is 0.169. The molecule has 5 heterocycles. The van der Waals surface area contributed by atoms with E-state index in [1.807, 2.05) is 31.3 Å². The number of piperidine rings is 1. The van der Waals surface area contributed by atoms with Crippen molar-refractivity contribution in [2.45, 2.75) is 66.5 Å². The van der Waals surface area contributed by atoms with E-state index < -0.39 is 0 Å². The Morgan fingerprint density at radius 1 is 0.824 bits per heavy atom. The number of hydrogen-bond acceptors (Lipinski definition) is 9. The van der Waals surface area contributed by atoms with Gasteiger partial charge in [0.1, 0.15) is 22.9 Å². The summed E-state index contributed by atoms with van der Waals surface area (Å²) in [5.41, 5.74) is 11.9. The summed E-state index contributed by atoms with van der Waals surface area (Å²) in [7, 11) is 0. The average molecular weight is 677 g/mol. The molecule has 8 rings (SSSR count). The van der Waals surface area contributed by atoms with E-state index in [4.69, 9.17) is 24.4 Å². The second-order valence-corrected chi connectivity index (χ2v) is 14.5. The Bertz CT molecular complexity index is 2300. The maximum Gasteiger partial charge on any atom is 0.227 e. The first-order chi connectivity index (χ1) is 24.8. The molecule has 2 saturated heterocycles. The van der Waals surface area contributed by atoms with Crippen LogP contribution in [0.15, 0.2) is 65.2 Å². The number of likely N-dealkylation sites (tertiary alicyclic amines) is 2. The summed E-state index contributed by atoms with van der Waals surface area (Å²) in [5.74, 6) is 2.67. The minimum atomic E-state index is 0.524. The lowest BCUT2D eigenvalue weighted by Gasteiger charge is -2.26. The number of aromatic nitrogens is 4. The fourth-order valence-electron chi connectivity index (χ4n) is 7.88. The first-order valence-electron chi connectivity index (χ1n) is 18.2. The highest BCUT2D eigenvalue weighted by atomic mass is 16.3. The number of rotatable bonds is 8. The minimum Gasteiger partial charge on any atom is -0.435 e. The van der Waals surface area contributed by atoms with Gasteiger partial charge in [-0.1, -0.05) is 37.6 Å². The van der Waals surface area contributed by atoms with Crippen LogP contribution in [-0.4, -0.2) is 55.9 Å². The van der Waals surface area contributed by atoms with Crippen LogP contribution in [0.2, 0.25) is 0 Å². The normalized spacial score (nSPS) is 17.0. The lowest BCUT2D eigenvalue weighted by atomic mass is 9.93. The molecule has 3 aromatic heterocycles. The van der Waals surface area contributed by atoms with Crippen molar-refractivity contribution < 1.29 is 4.42 Å². The monoisotopic (exact) mass is 676 g/mol. The van der Waals surface area contributed by atoms with E-state index in [-0.39, 0.29) is 0 Å². The first-order valence-corrected chi connectivity index (χ1v) is 18.2. The molecular weight excluding hydrogens is 633 g/mol. The molecule has 258 valence electrons. The van der Waals surface area contributed by atoms with Crippen LogP contribution in [0.5, 0.6) is 0 Å². The molecule has 3 aromatic carbocycles. The van der Waals surface area contributed by atoms with Crippen molar-refractivity contribution in [1.82, 2.24) is 29.7 Å². The van der Waals surface area contributed by atoms with Gasteiger partial charge in [-0.25, -0.2) is 15.0 Å². The van der Waals surface area contributed by atoms with Crippen molar-refractivity contribution in [3.63, 3.8) is 0 Å². The van der Waals surface area contributed by atoms with Crippen LogP contribution in [0.25, 0.3) is 44.7 Å². The van der Waals surface area contributed by atoms with Crippen molar-refractivity contribution in [2.75, 3.05) is 31.5 Å². The Kier molecular flexibility index (Phi) is 8.97. The van der Waals surface area contributed by atoms with E-state index >= 15 is 0 Å². The van der Waals surface area contributed by atoms with Crippen LogP contribution in [-0.2, 0) is 13.1 Å². The second kappa shape index (κ2) is 13.9. The zero-order valence-electron chi connectivity index (χ0n) is 30.0. The number of fused-ring (bicyclic) bond motifs is 2. The molecule has 0 saturated carbocycles. The lowest BCUT2D eigenvalue weighted by molar-refractivity contribution is 0.221. The molecular formula is C42H44N8O. The highest BCUT2D eigenvalue weighted by molar-refractivity contribution is 5.89. The van der Waals surface area contributed by atoms with Crippen LogP contribution in [0.3, 0.4) is 0 Å². The summed E-state index contributed by atoms with van der Waals surface area (Å²) < 4.78 is 6.34. The van der Waals surface area contributed by atoms with Gasteiger partial charge in [0.15, 0.2) is 11.4 Å². The topological polar surface area (TPSA) is 107 Å². The maximum absolute atomic E-state index is 10.0. The Labute approximate surface area is 299 Å². The predicted octanol–water partition coefficient (Wildman–Crippen LogP) is 8.87. The highest BCUT2D eigenvalue weighted by Gasteiger charge is 2.21. The summed E-state index contributed by atoms with van der Waals surface area (Å²) in [6, 6.07) is 21.1. The largest absolute Gasteiger partial charge is 0.435 e. The van der Waals surface area contributed by atoms with Crippen molar-refractivity contribution in [3.05, 3.63) is 94.4 Å². The Balaban J connectivity index is 1.09. The molecule has 0 aliphatic carbocycles. The SMILES string of the molecule is Cc1nc(Nc2cccc(-c3cccc(-c4nc5cc(CN6CCCCC6)cc(C#N)c5o4)c3C)c2C)c2ncc(CN3CCC(C)C3)cc2n1. The number of nitrogens with zero attached hydrogens (tertiary/aromatic N) is 7. The van der Waals surface area contributed by atoms with Crippen molar-refractivity contribution >= 4 is 33.6 Å². The van der Waals surface area contributed by atoms with Gasteiger partial charge in [0.2, 0.25) is 5.89 Å². The van der Waals surface area contributed by atoms with Crippen LogP contribution < -0.4 is 5.32 Å². The molecule has 1 atom stereocenters. The summed E-state index contributed by atoms with van der Waals surface area (Å²) in [4.78, 5) is 24.3. The number of anilines is 2. The molecule has 9 nitrogen and oxygen atoms in total. The van der Waals surface area contributed by atoms with Gasteiger partial charge in [0, 0.05) is 37.1 Å². The second-order valence-electron chi connectivity index (χ2n) is 14.5. The molecule has 6 aromatic rings. The molecule has 1 unspecified atom stereocenters. The van der Waals surface area contributed by atoms with Gasteiger partial charge in [-0.05, 0) is 129 Å². The van der Waals surface area contributed by atoms with Crippen molar-refractivity contribution in [3.8, 4) is 28.7 Å². The van der Waals surface area contributed by atoms with Gasteiger partial charge in [-0.2, -0.15) is 5.26 Å². The molecule has 1 N–H and O–H groups in total. The zero-order valence-corrected chi connectivity index (χ0v) is 30.0. The standard InChI is InChI=1S/C42H44N8O/c1-26-14-17-50(23-26)25-31-20-37-39(44-22-31)41(46-29(4)45-37)47-36-13-9-11-34(28(36)3)33-10-8-12-35(27(33)2)42-48-38-19-30(18-32(21-43)40(38)51-42)24-49-15-6-5-7-16-49/h8-13,18-20,22,26H,5-7,14-17,23-25H2,1-4H3,(H,45,46,47). The molecule has 2 aliphatic heterocycles. The van der Waals surface area contributed by atoms with Crippen molar-refractivity contribution in [1.29, 1.82) is 5.26 Å². The maximum atomic E-state index is 10.0. The van der Waals surface area contributed by atoms with E-state index in [0.717, 1.165) is 101 Å². The lowest BCUT2D eigenvalue weighted by Crippen LogP contribution is -2.29. The van der Waals surface area contributed by atoms with Gasteiger partial charge in [0.25, 0.3) is 0 Å². The van der Waals surface area contributed by atoms with E-state index in [1.165, 1.54) is 31.2 Å². The fraction of sp³-hybridized carbons (Fsp3) is 0.357. The molecule has 51 heavy (non-hydrogen) atoms. The third kappa shape index (κ3) is 6.69. The van der Waals surface area contributed by atoms with Gasteiger partial charge in [0.05, 0.1) is 11.1 Å². The number of benzene rings is 3. The molecule has 0 spiro atoms. The number of hydrogen-bond donors (Lipinski definition) is 1. The Morgan fingerprint density at radius 2 is 1.57 bits per heavy atom. The Morgan fingerprint density at radius 3 is 2.35 bits per heavy atom.